The van der Waals surface area contributed by atoms with E-state index in [0.717, 1.165) is 11.3 Å². The molecule has 0 saturated heterocycles. The van der Waals surface area contributed by atoms with Crippen LogP contribution in [-0.4, -0.2) is 39.5 Å². The Bertz CT molecular complexity index is 700. The molecule has 2 aromatic rings. The summed E-state index contributed by atoms with van der Waals surface area (Å²) in [6.45, 7) is 1.03. The molecule has 2 aromatic carbocycles. The van der Waals surface area contributed by atoms with Crippen molar-refractivity contribution in [1.29, 1.82) is 0 Å². The minimum atomic E-state index is -0.690. The van der Waals surface area contributed by atoms with Crippen molar-refractivity contribution >= 4 is 6.08 Å². The third-order valence-corrected chi connectivity index (χ3v) is 3.83. The van der Waals surface area contributed by atoms with Gasteiger partial charge in [-0.25, -0.2) is 0 Å². The molecule has 134 valence electrons. The topological polar surface area (TPSA) is 60.0 Å². The molecular formula is C20H25NO4. The number of ether oxygens (including phenoxy) is 3. The van der Waals surface area contributed by atoms with Gasteiger partial charge in [-0.1, -0.05) is 30.4 Å². The van der Waals surface area contributed by atoms with Gasteiger partial charge in [0, 0.05) is 24.2 Å². The molecule has 0 aliphatic carbocycles. The summed E-state index contributed by atoms with van der Waals surface area (Å²) >= 11 is 0. The largest absolute Gasteiger partial charge is 0.497 e. The number of nitrogens with one attached hydrogen (secondary N) is 1. The Morgan fingerprint density at radius 2 is 1.76 bits per heavy atom. The van der Waals surface area contributed by atoms with Crippen molar-refractivity contribution in [3.05, 3.63) is 59.7 Å². The van der Waals surface area contributed by atoms with Gasteiger partial charge >= 0.3 is 0 Å². The molecule has 0 aromatic heterocycles. The van der Waals surface area contributed by atoms with Gasteiger partial charge in [0.05, 0.1) is 27.4 Å². The first kappa shape index (κ1) is 18.8. The molecule has 0 radical (unpaired) electrons. The summed E-state index contributed by atoms with van der Waals surface area (Å²) in [5.41, 5.74) is 1.71. The fourth-order valence-electron chi connectivity index (χ4n) is 2.50. The number of benzene rings is 2. The highest BCUT2D eigenvalue weighted by Crippen LogP contribution is 2.29. The lowest BCUT2D eigenvalue weighted by Gasteiger charge is -2.16. The molecular weight excluding hydrogens is 318 g/mol. The quantitative estimate of drug-likeness (QED) is 0.685. The fourth-order valence-corrected chi connectivity index (χ4v) is 2.50. The van der Waals surface area contributed by atoms with Gasteiger partial charge in [-0.2, -0.15) is 0 Å². The highest BCUT2D eigenvalue weighted by atomic mass is 16.5. The standard InChI is InChI=1S/C20H25NO4/c1-23-16-10-11-20(25-3)17(13-16)18(22)14-21-12-6-8-15-7-4-5-9-19(15)24-2/h4-11,13,18,21-22H,12,14H2,1-3H3/b8-6+. The minimum Gasteiger partial charge on any atom is -0.497 e. The molecule has 0 heterocycles. The summed E-state index contributed by atoms with van der Waals surface area (Å²) in [5.74, 6) is 2.16. The van der Waals surface area contributed by atoms with E-state index in [4.69, 9.17) is 14.2 Å². The fraction of sp³-hybridized carbons (Fsp3) is 0.300. The number of hydrogen-bond donors (Lipinski definition) is 2. The monoisotopic (exact) mass is 343 g/mol. The number of aliphatic hydroxyl groups is 1. The molecule has 0 amide bonds. The second-order valence-electron chi connectivity index (χ2n) is 5.43. The molecule has 0 aliphatic heterocycles. The highest BCUT2D eigenvalue weighted by Gasteiger charge is 2.14. The third-order valence-electron chi connectivity index (χ3n) is 3.83. The van der Waals surface area contributed by atoms with Crippen LogP contribution < -0.4 is 19.5 Å². The Labute approximate surface area is 148 Å². The first-order valence-corrected chi connectivity index (χ1v) is 8.09. The molecule has 0 spiro atoms. The average molecular weight is 343 g/mol. The molecule has 2 rings (SSSR count). The van der Waals surface area contributed by atoms with Crippen LogP contribution in [0.2, 0.25) is 0 Å². The van der Waals surface area contributed by atoms with E-state index < -0.39 is 6.10 Å². The van der Waals surface area contributed by atoms with Gasteiger partial charge in [-0.05, 0) is 24.3 Å². The van der Waals surface area contributed by atoms with E-state index in [0.29, 0.717) is 30.2 Å². The van der Waals surface area contributed by atoms with Gasteiger partial charge in [0.2, 0.25) is 0 Å². The van der Waals surface area contributed by atoms with Gasteiger partial charge in [0.15, 0.2) is 0 Å². The van der Waals surface area contributed by atoms with Crippen LogP contribution in [0.25, 0.3) is 6.08 Å². The third kappa shape index (κ3) is 5.24. The Kier molecular flexibility index (Phi) is 7.32. The number of aliphatic hydroxyl groups excluding tert-OH is 1. The van der Waals surface area contributed by atoms with E-state index in [1.54, 1.807) is 39.5 Å². The van der Waals surface area contributed by atoms with Crippen molar-refractivity contribution in [2.75, 3.05) is 34.4 Å². The van der Waals surface area contributed by atoms with E-state index >= 15 is 0 Å². The maximum absolute atomic E-state index is 10.4. The van der Waals surface area contributed by atoms with Gasteiger partial charge < -0.3 is 24.6 Å². The van der Waals surface area contributed by atoms with Crippen LogP contribution in [0.5, 0.6) is 17.2 Å². The van der Waals surface area contributed by atoms with Crippen LogP contribution >= 0.6 is 0 Å². The molecule has 5 nitrogen and oxygen atoms in total. The second-order valence-corrected chi connectivity index (χ2v) is 5.43. The SMILES string of the molecule is COc1ccc(OC)c(C(O)CNC/C=C/c2ccccc2OC)c1. The van der Waals surface area contributed by atoms with Crippen LogP contribution in [-0.2, 0) is 0 Å². The zero-order valence-corrected chi connectivity index (χ0v) is 14.9. The van der Waals surface area contributed by atoms with Gasteiger partial charge in [-0.3, -0.25) is 0 Å². The maximum Gasteiger partial charge on any atom is 0.126 e. The molecule has 1 atom stereocenters. The van der Waals surface area contributed by atoms with Gasteiger partial charge in [0.1, 0.15) is 17.2 Å². The van der Waals surface area contributed by atoms with Crippen molar-refractivity contribution in [3.63, 3.8) is 0 Å². The van der Waals surface area contributed by atoms with Crippen molar-refractivity contribution in [2.24, 2.45) is 0 Å². The normalized spacial score (nSPS) is 12.2. The van der Waals surface area contributed by atoms with Gasteiger partial charge in [0.25, 0.3) is 0 Å². The van der Waals surface area contributed by atoms with E-state index in [1.807, 2.05) is 36.4 Å². The van der Waals surface area contributed by atoms with Crippen molar-refractivity contribution in [3.8, 4) is 17.2 Å². The van der Waals surface area contributed by atoms with Crippen molar-refractivity contribution < 1.29 is 19.3 Å². The maximum atomic E-state index is 10.4. The first-order valence-electron chi connectivity index (χ1n) is 8.09. The Morgan fingerprint density at radius 3 is 2.48 bits per heavy atom. The lowest BCUT2D eigenvalue weighted by molar-refractivity contribution is 0.171. The predicted octanol–water partition coefficient (Wildman–Crippen LogP) is 3.05. The lowest BCUT2D eigenvalue weighted by atomic mass is 10.1. The molecule has 5 heteroatoms. The van der Waals surface area contributed by atoms with Crippen molar-refractivity contribution in [1.82, 2.24) is 5.32 Å². The predicted molar refractivity (Wildman–Crippen MR) is 99.4 cm³/mol. The molecule has 25 heavy (non-hydrogen) atoms. The lowest BCUT2D eigenvalue weighted by Crippen LogP contribution is -2.21. The summed E-state index contributed by atoms with van der Waals surface area (Å²) in [7, 11) is 4.84. The molecule has 0 fully saturated rings. The summed E-state index contributed by atoms with van der Waals surface area (Å²) in [6.07, 6.45) is 3.29. The van der Waals surface area contributed by atoms with Crippen LogP contribution in [0.15, 0.2) is 48.5 Å². The smallest absolute Gasteiger partial charge is 0.126 e. The molecule has 0 bridgehead atoms. The minimum absolute atomic E-state index is 0.403. The molecule has 1 unspecified atom stereocenters. The summed E-state index contributed by atoms with van der Waals surface area (Å²) in [6, 6.07) is 13.2. The van der Waals surface area contributed by atoms with E-state index in [1.165, 1.54) is 0 Å². The first-order chi connectivity index (χ1) is 12.2. The van der Waals surface area contributed by atoms with Crippen LogP contribution in [0.1, 0.15) is 17.2 Å². The van der Waals surface area contributed by atoms with E-state index in [9.17, 15) is 5.11 Å². The van der Waals surface area contributed by atoms with Gasteiger partial charge in [-0.15, -0.1) is 0 Å². The molecule has 0 aliphatic rings. The number of para-hydroxylation sites is 1. The summed E-state index contributed by atoms with van der Waals surface area (Å²) < 4.78 is 15.8. The van der Waals surface area contributed by atoms with Crippen LogP contribution in [0.3, 0.4) is 0 Å². The average Bonchev–Trinajstić information content (AvgIpc) is 2.67. The number of rotatable bonds is 9. The zero-order valence-electron chi connectivity index (χ0n) is 14.9. The highest BCUT2D eigenvalue weighted by molar-refractivity contribution is 5.57. The van der Waals surface area contributed by atoms with E-state index in [2.05, 4.69) is 5.32 Å². The number of methoxy groups -OCH3 is 3. The summed E-state index contributed by atoms with van der Waals surface area (Å²) in [4.78, 5) is 0. The van der Waals surface area contributed by atoms with Crippen LogP contribution in [0.4, 0.5) is 0 Å². The Balaban J connectivity index is 1.90. The molecule has 0 saturated carbocycles. The second kappa shape index (κ2) is 9.71. The number of hydrogen-bond acceptors (Lipinski definition) is 5. The Hall–Kier alpha value is -2.50. The van der Waals surface area contributed by atoms with Crippen molar-refractivity contribution in [2.45, 2.75) is 6.10 Å². The zero-order chi connectivity index (χ0) is 18.1. The summed E-state index contributed by atoms with van der Waals surface area (Å²) in [5, 5.41) is 13.6. The molecule has 2 N–H and O–H groups in total. The van der Waals surface area contributed by atoms with E-state index in [-0.39, 0.29) is 0 Å². The Morgan fingerprint density at radius 1 is 1.00 bits per heavy atom. The van der Waals surface area contributed by atoms with Crippen LogP contribution in [0, 0.1) is 0 Å².